The van der Waals surface area contributed by atoms with Crippen LogP contribution >= 0.6 is 39.5 Å². The molecule has 0 radical (unpaired) electrons. The summed E-state index contributed by atoms with van der Waals surface area (Å²) in [6.07, 6.45) is 0. The molecule has 1 heterocycles. The van der Waals surface area contributed by atoms with E-state index in [-0.39, 0.29) is 10.6 Å². The van der Waals surface area contributed by atoms with E-state index in [0.717, 1.165) is 9.35 Å². The van der Waals surface area contributed by atoms with Crippen LogP contribution in [0, 0.1) is 5.82 Å². The molecular weight excluding hydrogens is 335 g/mol. The second-order valence-corrected chi connectivity index (χ2v) is 5.96. The van der Waals surface area contributed by atoms with Gasteiger partial charge >= 0.3 is 0 Å². The minimum absolute atomic E-state index is 0.0583. The first-order chi connectivity index (χ1) is 8.58. The van der Waals surface area contributed by atoms with Crippen LogP contribution in [0.4, 0.5) is 10.1 Å². The lowest BCUT2D eigenvalue weighted by molar-refractivity contribution is 0.626. The topological polar surface area (TPSA) is 38.0 Å². The van der Waals surface area contributed by atoms with Crippen molar-refractivity contribution < 1.29 is 4.39 Å². The Balaban J connectivity index is 2.19. The van der Waals surface area contributed by atoms with Gasteiger partial charge in [-0.3, -0.25) is 0 Å². The molecule has 18 heavy (non-hydrogen) atoms. The Bertz CT molecular complexity index is 583. The molecule has 0 fully saturated rings. The summed E-state index contributed by atoms with van der Waals surface area (Å²) in [5.41, 5.74) is 6.42. The Hall–Kier alpha value is -0.980. The zero-order valence-corrected chi connectivity index (χ0v) is 12.5. The van der Waals surface area contributed by atoms with Crippen LogP contribution in [0.25, 0.3) is 0 Å². The quantitative estimate of drug-likeness (QED) is 0.826. The molecule has 0 saturated carbocycles. The minimum Gasteiger partial charge on any atom is -0.389 e. The van der Waals surface area contributed by atoms with E-state index in [9.17, 15) is 4.39 Å². The van der Waals surface area contributed by atoms with Crippen LogP contribution in [0.15, 0.2) is 34.1 Å². The summed E-state index contributed by atoms with van der Waals surface area (Å²) >= 11 is 9.87. The number of thiocarbonyl (C=S) groups is 1. The molecule has 0 aliphatic heterocycles. The van der Waals surface area contributed by atoms with Crippen molar-refractivity contribution in [3.8, 4) is 0 Å². The van der Waals surface area contributed by atoms with Crippen molar-refractivity contribution in [2.24, 2.45) is 5.73 Å². The van der Waals surface area contributed by atoms with Crippen molar-refractivity contribution >= 4 is 50.2 Å². The average Bonchev–Trinajstić information content (AvgIpc) is 2.72. The van der Waals surface area contributed by atoms with Crippen LogP contribution < -0.4 is 11.1 Å². The minimum atomic E-state index is -0.403. The molecule has 0 aliphatic rings. The van der Waals surface area contributed by atoms with Gasteiger partial charge in [-0.2, -0.15) is 0 Å². The number of rotatable bonds is 4. The van der Waals surface area contributed by atoms with Gasteiger partial charge in [-0.05, 0) is 34.1 Å². The van der Waals surface area contributed by atoms with Crippen LogP contribution in [0.1, 0.15) is 10.4 Å². The van der Waals surface area contributed by atoms with E-state index in [4.69, 9.17) is 18.0 Å². The largest absolute Gasteiger partial charge is 0.389 e. The van der Waals surface area contributed by atoms with Gasteiger partial charge in [-0.15, -0.1) is 11.3 Å². The molecular formula is C12H10BrFN2S2. The summed E-state index contributed by atoms with van der Waals surface area (Å²) in [6, 6.07) is 6.75. The molecule has 0 aliphatic carbocycles. The highest BCUT2D eigenvalue weighted by Crippen LogP contribution is 2.23. The molecule has 2 nitrogen and oxygen atoms in total. The number of halogens is 2. The monoisotopic (exact) mass is 344 g/mol. The van der Waals surface area contributed by atoms with Gasteiger partial charge in [0.25, 0.3) is 0 Å². The van der Waals surface area contributed by atoms with Gasteiger partial charge in [-0.1, -0.05) is 18.3 Å². The lowest BCUT2D eigenvalue weighted by Crippen LogP contribution is -2.15. The predicted octanol–water partition coefficient (Wildman–Crippen LogP) is 3.90. The van der Waals surface area contributed by atoms with E-state index in [1.165, 1.54) is 6.07 Å². The summed E-state index contributed by atoms with van der Waals surface area (Å²) < 4.78 is 14.7. The molecule has 3 N–H and O–H groups in total. The number of anilines is 1. The van der Waals surface area contributed by atoms with Crippen molar-refractivity contribution in [2.45, 2.75) is 6.54 Å². The van der Waals surface area contributed by atoms with E-state index in [1.807, 2.05) is 11.4 Å². The molecule has 0 unspecified atom stereocenters. The Morgan fingerprint density at radius 2 is 2.28 bits per heavy atom. The van der Waals surface area contributed by atoms with Crippen molar-refractivity contribution in [3.63, 3.8) is 0 Å². The summed E-state index contributed by atoms with van der Waals surface area (Å²) in [7, 11) is 0. The van der Waals surface area contributed by atoms with Gasteiger partial charge in [0, 0.05) is 27.0 Å². The van der Waals surface area contributed by atoms with Gasteiger partial charge in [-0.25, -0.2) is 4.39 Å². The molecule has 1 aromatic heterocycles. The van der Waals surface area contributed by atoms with Crippen molar-refractivity contribution in [1.29, 1.82) is 0 Å². The van der Waals surface area contributed by atoms with E-state index in [2.05, 4.69) is 21.2 Å². The van der Waals surface area contributed by atoms with E-state index < -0.39 is 5.82 Å². The third-order valence-electron chi connectivity index (χ3n) is 2.33. The predicted molar refractivity (Wildman–Crippen MR) is 81.6 cm³/mol. The summed E-state index contributed by atoms with van der Waals surface area (Å²) in [4.78, 5) is 1.20. The fourth-order valence-corrected chi connectivity index (χ4v) is 3.15. The maximum absolute atomic E-state index is 13.6. The van der Waals surface area contributed by atoms with Gasteiger partial charge < -0.3 is 11.1 Å². The van der Waals surface area contributed by atoms with Gasteiger partial charge in [0.2, 0.25) is 0 Å². The van der Waals surface area contributed by atoms with Crippen LogP contribution in [-0.4, -0.2) is 4.99 Å². The highest BCUT2D eigenvalue weighted by molar-refractivity contribution is 9.10. The maximum atomic E-state index is 13.6. The fourth-order valence-electron chi connectivity index (χ4n) is 1.55. The number of thiophene rings is 1. The van der Waals surface area contributed by atoms with Gasteiger partial charge in [0.15, 0.2) is 0 Å². The number of hydrogen-bond donors (Lipinski definition) is 2. The fraction of sp³-hybridized carbons (Fsp3) is 0.0833. The van der Waals surface area contributed by atoms with Crippen LogP contribution in [0.2, 0.25) is 0 Å². The lowest BCUT2D eigenvalue weighted by atomic mass is 10.1. The lowest BCUT2D eigenvalue weighted by Gasteiger charge is -2.11. The molecule has 94 valence electrons. The highest BCUT2D eigenvalue weighted by atomic mass is 79.9. The number of benzene rings is 1. The Morgan fingerprint density at radius 1 is 1.50 bits per heavy atom. The Kier molecular flexibility index (Phi) is 4.31. The SMILES string of the molecule is NC(=S)c1c(F)cccc1NCc1cc(Br)cs1. The maximum Gasteiger partial charge on any atom is 0.135 e. The van der Waals surface area contributed by atoms with E-state index >= 15 is 0 Å². The zero-order chi connectivity index (χ0) is 13.1. The normalized spacial score (nSPS) is 10.3. The Labute approximate surface area is 122 Å². The molecule has 1 aromatic carbocycles. The van der Waals surface area contributed by atoms with Crippen molar-refractivity contribution in [1.82, 2.24) is 0 Å². The first-order valence-electron chi connectivity index (χ1n) is 5.13. The first kappa shape index (κ1) is 13.5. The third-order valence-corrected chi connectivity index (χ3v) is 4.24. The van der Waals surface area contributed by atoms with Crippen LogP contribution in [0.3, 0.4) is 0 Å². The molecule has 0 bridgehead atoms. The third kappa shape index (κ3) is 3.07. The molecule has 6 heteroatoms. The first-order valence-corrected chi connectivity index (χ1v) is 7.21. The zero-order valence-electron chi connectivity index (χ0n) is 9.24. The number of nitrogens with two attached hydrogens (primary N) is 1. The highest BCUT2D eigenvalue weighted by Gasteiger charge is 2.10. The van der Waals surface area contributed by atoms with Crippen LogP contribution in [0.5, 0.6) is 0 Å². The summed E-state index contributed by atoms with van der Waals surface area (Å²) in [5, 5.41) is 5.14. The summed E-state index contributed by atoms with van der Waals surface area (Å²) in [6.45, 7) is 0.606. The number of hydrogen-bond acceptors (Lipinski definition) is 3. The number of nitrogens with one attached hydrogen (secondary N) is 1. The smallest absolute Gasteiger partial charge is 0.135 e. The van der Waals surface area contributed by atoms with Crippen molar-refractivity contribution in [2.75, 3.05) is 5.32 Å². The standard InChI is InChI=1S/C12H10BrFN2S2/c13-7-4-8(18-6-7)5-16-10-3-1-2-9(14)11(10)12(15)17/h1-4,6,16H,5H2,(H2,15,17). The molecule has 2 rings (SSSR count). The molecule has 2 aromatic rings. The van der Waals surface area contributed by atoms with E-state index in [0.29, 0.717) is 12.2 Å². The second-order valence-electron chi connectivity index (χ2n) is 3.61. The Morgan fingerprint density at radius 3 is 2.89 bits per heavy atom. The average molecular weight is 345 g/mol. The molecule has 0 saturated heterocycles. The van der Waals surface area contributed by atoms with Gasteiger partial charge in [0.1, 0.15) is 10.8 Å². The molecule has 0 atom stereocenters. The van der Waals surface area contributed by atoms with E-state index in [1.54, 1.807) is 23.5 Å². The molecule has 0 amide bonds. The van der Waals surface area contributed by atoms with Crippen LogP contribution in [-0.2, 0) is 6.54 Å². The molecule has 0 spiro atoms. The second kappa shape index (κ2) is 5.77. The van der Waals surface area contributed by atoms with Crippen molar-refractivity contribution in [3.05, 3.63) is 50.4 Å². The van der Waals surface area contributed by atoms with Gasteiger partial charge in [0.05, 0.1) is 5.56 Å². The summed E-state index contributed by atoms with van der Waals surface area (Å²) in [5.74, 6) is -0.403.